The van der Waals surface area contributed by atoms with E-state index in [1.165, 1.54) is 0 Å². The van der Waals surface area contributed by atoms with Crippen LogP contribution in [0.25, 0.3) is 0 Å². The summed E-state index contributed by atoms with van der Waals surface area (Å²) in [6.07, 6.45) is 2.21. The van der Waals surface area contributed by atoms with Crippen molar-refractivity contribution in [2.45, 2.75) is 18.9 Å². The number of nitriles is 2. The number of nitrogens with zero attached hydrogens (tertiary/aromatic N) is 5. The normalized spacial score (nSPS) is 18.1. The van der Waals surface area contributed by atoms with Crippen LogP contribution in [-0.4, -0.2) is 60.0 Å². The van der Waals surface area contributed by atoms with E-state index >= 15 is 0 Å². The van der Waals surface area contributed by atoms with E-state index < -0.39 is 0 Å². The van der Waals surface area contributed by atoms with Crippen molar-refractivity contribution in [2.75, 3.05) is 39.3 Å². The molecule has 1 aliphatic rings. The Labute approximate surface area is 139 Å². The highest BCUT2D eigenvalue weighted by Gasteiger charge is 2.26. The fourth-order valence-electron chi connectivity index (χ4n) is 2.41. The second-order valence-electron chi connectivity index (χ2n) is 5.16. The van der Waals surface area contributed by atoms with E-state index in [4.69, 9.17) is 15.3 Å². The standard InChI is InChI=1S/C15H19N5O2S/c16-3-1-6-20(7-2-4-17)14(21)12-19-8-9-22-13(11-19)15-18-5-10-23-15/h5,10,13H,1-2,6-9,11-12H2/t13-/m1/s1. The Balaban J connectivity index is 1.89. The molecule has 2 heterocycles. The first-order valence-electron chi connectivity index (χ1n) is 7.49. The molecule has 1 aromatic rings. The molecule has 0 N–H and O–H groups in total. The molecule has 1 aromatic heterocycles. The monoisotopic (exact) mass is 333 g/mol. The lowest BCUT2D eigenvalue weighted by atomic mass is 10.2. The van der Waals surface area contributed by atoms with Crippen molar-refractivity contribution in [1.82, 2.24) is 14.8 Å². The number of aromatic nitrogens is 1. The van der Waals surface area contributed by atoms with Crippen molar-refractivity contribution in [3.05, 3.63) is 16.6 Å². The van der Waals surface area contributed by atoms with Gasteiger partial charge in [-0.2, -0.15) is 10.5 Å². The molecule has 0 bridgehead atoms. The van der Waals surface area contributed by atoms with Gasteiger partial charge in [0.25, 0.3) is 0 Å². The number of carbonyl (C=O) groups is 1. The lowest BCUT2D eigenvalue weighted by Gasteiger charge is -2.33. The van der Waals surface area contributed by atoms with Crippen LogP contribution in [0.1, 0.15) is 24.0 Å². The molecule has 0 saturated carbocycles. The molecule has 23 heavy (non-hydrogen) atoms. The Bertz CT molecular complexity index is 560. The van der Waals surface area contributed by atoms with Gasteiger partial charge >= 0.3 is 0 Å². The lowest BCUT2D eigenvalue weighted by Crippen LogP contribution is -2.46. The van der Waals surface area contributed by atoms with Crippen molar-refractivity contribution in [3.63, 3.8) is 0 Å². The Morgan fingerprint density at radius 3 is 2.78 bits per heavy atom. The third-order valence-electron chi connectivity index (χ3n) is 3.58. The zero-order chi connectivity index (χ0) is 16.5. The maximum atomic E-state index is 12.4. The molecule has 0 aliphatic carbocycles. The van der Waals surface area contributed by atoms with Crippen molar-refractivity contribution >= 4 is 17.2 Å². The van der Waals surface area contributed by atoms with Gasteiger partial charge in [-0.05, 0) is 0 Å². The molecule has 0 aromatic carbocycles. The predicted molar refractivity (Wildman–Crippen MR) is 84.3 cm³/mol. The molecule has 122 valence electrons. The van der Waals surface area contributed by atoms with Gasteiger partial charge in [-0.15, -0.1) is 11.3 Å². The minimum atomic E-state index is -0.0942. The summed E-state index contributed by atoms with van der Waals surface area (Å²) in [5, 5.41) is 20.2. The Kier molecular flexibility index (Phi) is 6.95. The fraction of sp³-hybridized carbons (Fsp3) is 0.600. The number of thiazole rings is 1. The van der Waals surface area contributed by atoms with Crippen LogP contribution in [0, 0.1) is 22.7 Å². The first-order chi connectivity index (χ1) is 11.2. The van der Waals surface area contributed by atoms with Gasteiger partial charge in [0, 0.05) is 37.8 Å². The van der Waals surface area contributed by atoms with E-state index in [0.29, 0.717) is 32.8 Å². The van der Waals surface area contributed by atoms with Crippen LogP contribution in [-0.2, 0) is 9.53 Å². The van der Waals surface area contributed by atoms with E-state index in [9.17, 15) is 4.79 Å². The quantitative estimate of drug-likeness (QED) is 0.743. The minimum Gasteiger partial charge on any atom is -0.368 e. The molecule has 8 heteroatoms. The molecule has 1 amide bonds. The predicted octanol–water partition coefficient (Wildman–Crippen LogP) is 1.17. The van der Waals surface area contributed by atoms with Crippen LogP contribution in [0.15, 0.2) is 11.6 Å². The molecular weight excluding hydrogens is 314 g/mol. The zero-order valence-corrected chi connectivity index (χ0v) is 13.7. The number of rotatable bonds is 7. The van der Waals surface area contributed by atoms with Gasteiger partial charge in [-0.1, -0.05) is 0 Å². The molecule has 1 aliphatic heterocycles. The topological polar surface area (TPSA) is 93.2 Å². The highest BCUT2D eigenvalue weighted by Crippen LogP contribution is 2.23. The summed E-state index contributed by atoms with van der Waals surface area (Å²) in [4.78, 5) is 20.3. The van der Waals surface area contributed by atoms with E-state index in [2.05, 4.69) is 4.98 Å². The minimum absolute atomic E-state index is 0.0460. The highest BCUT2D eigenvalue weighted by atomic mass is 32.1. The maximum Gasteiger partial charge on any atom is 0.236 e. The van der Waals surface area contributed by atoms with Crippen LogP contribution >= 0.6 is 11.3 Å². The number of carbonyl (C=O) groups excluding carboxylic acids is 1. The van der Waals surface area contributed by atoms with Crippen LogP contribution in [0.3, 0.4) is 0 Å². The second kappa shape index (κ2) is 9.21. The first-order valence-corrected chi connectivity index (χ1v) is 8.37. The smallest absolute Gasteiger partial charge is 0.236 e. The molecule has 7 nitrogen and oxygen atoms in total. The van der Waals surface area contributed by atoms with Crippen LogP contribution in [0.4, 0.5) is 0 Å². The van der Waals surface area contributed by atoms with Gasteiger partial charge in [0.05, 0.1) is 38.1 Å². The summed E-state index contributed by atoms with van der Waals surface area (Å²) in [7, 11) is 0. The van der Waals surface area contributed by atoms with Gasteiger partial charge in [-0.3, -0.25) is 9.69 Å². The lowest BCUT2D eigenvalue weighted by molar-refractivity contribution is -0.134. The first kappa shape index (κ1) is 17.4. The number of morpholine rings is 1. The zero-order valence-electron chi connectivity index (χ0n) is 12.8. The van der Waals surface area contributed by atoms with Crippen molar-refractivity contribution in [2.24, 2.45) is 0 Å². The van der Waals surface area contributed by atoms with Gasteiger partial charge in [-0.25, -0.2) is 4.98 Å². The molecule has 0 unspecified atom stereocenters. The summed E-state index contributed by atoms with van der Waals surface area (Å²) in [5.41, 5.74) is 0. The van der Waals surface area contributed by atoms with Crippen LogP contribution in [0.2, 0.25) is 0 Å². The molecule has 1 saturated heterocycles. The van der Waals surface area contributed by atoms with Crippen molar-refractivity contribution in [3.8, 4) is 12.1 Å². The summed E-state index contributed by atoms with van der Waals surface area (Å²) >= 11 is 1.55. The van der Waals surface area contributed by atoms with E-state index in [1.54, 1.807) is 22.4 Å². The van der Waals surface area contributed by atoms with Gasteiger partial charge in [0.15, 0.2) is 0 Å². The number of amides is 1. The average Bonchev–Trinajstić information content (AvgIpc) is 3.09. The molecule has 2 rings (SSSR count). The third kappa shape index (κ3) is 5.29. The molecule has 0 spiro atoms. The molecule has 0 radical (unpaired) electrons. The van der Waals surface area contributed by atoms with E-state index in [0.717, 1.165) is 5.01 Å². The van der Waals surface area contributed by atoms with E-state index in [1.807, 2.05) is 22.4 Å². The summed E-state index contributed by atoms with van der Waals surface area (Å²) in [6.45, 7) is 2.91. The fourth-order valence-corrected chi connectivity index (χ4v) is 3.09. The van der Waals surface area contributed by atoms with E-state index in [-0.39, 0.29) is 31.4 Å². The molecule has 1 atom stereocenters. The maximum absolute atomic E-state index is 12.4. The number of hydrogen-bond donors (Lipinski definition) is 0. The number of ether oxygens (including phenoxy) is 1. The summed E-state index contributed by atoms with van der Waals surface area (Å²) < 4.78 is 5.72. The van der Waals surface area contributed by atoms with Crippen molar-refractivity contribution < 1.29 is 9.53 Å². The Morgan fingerprint density at radius 2 is 2.17 bits per heavy atom. The number of hydrogen-bond acceptors (Lipinski definition) is 7. The largest absolute Gasteiger partial charge is 0.368 e. The van der Waals surface area contributed by atoms with Gasteiger partial charge < -0.3 is 9.64 Å². The Hall–Kier alpha value is -2.00. The van der Waals surface area contributed by atoms with Gasteiger partial charge in [0.2, 0.25) is 5.91 Å². The van der Waals surface area contributed by atoms with Gasteiger partial charge in [0.1, 0.15) is 11.1 Å². The molecule has 1 fully saturated rings. The SMILES string of the molecule is N#CCCN(CCC#N)C(=O)CN1CCO[C@@H](c2nccs2)C1. The second-order valence-corrected chi connectivity index (χ2v) is 6.09. The van der Waals surface area contributed by atoms with Crippen LogP contribution in [0.5, 0.6) is 0 Å². The van der Waals surface area contributed by atoms with Crippen LogP contribution < -0.4 is 0 Å². The third-order valence-corrected chi connectivity index (χ3v) is 4.44. The Morgan fingerprint density at radius 1 is 1.43 bits per heavy atom. The average molecular weight is 333 g/mol. The van der Waals surface area contributed by atoms with Crippen molar-refractivity contribution in [1.29, 1.82) is 10.5 Å². The summed E-state index contributed by atoms with van der Waals surface area (Å²) in [6, 6.07) is 4.08. The molecular formula is C15H19N5O2S. The summed E-state index contributed by atoms with van der Waals surface area (Å²) in [5.74, 6) is -0.0460. The highest BCUT2D eigenvalue weighted by molar-refractivity contribution is 7.09.